The molecule has 0 fully saturated rings. The van der Waals surface area contributed by atoms with Gasteiger partial charge in [0.2, 0.25) is 16.4 Å². The summed E-state index contributed by atoms with van der Waals surface area (Å²) in [7, 11) is -4.02. The molecule has 0 aliphatic heterocycles. The fraction of sp³-hybridized carbons (Fsp3) is 0.200. The number of nitrogens with one attached hydrogen (secondary N) is 1. The van der Waals surface area contributed by atoms with Crippen molar-refractivity contribution in [1.82, 2.24) is 14.9 Å². The van der Waals surface area contributed by atoms with Crippen LogP contribution in [0.25, 0.3) is 0 Å². The smallest absolute Gasteiger partial charge is 0.243 e. The van der Waals surface area contributed by atoms with E-state index in [1.165, 1.54) is 6.07 Å². The Labute approximate surface area is 108 Å². The van der Waals surface area contributed by atoms with E-state index < -0.39 is 20.7 Å². The van der Waals surface area contributed by atoms with Gasteiger partial charge in [-0.2, -0.15) is 4.98 Å². The van der Waals surface area contributed by atoms with Crippen LogP contribution in [0.15, 0.2) is 34.0 Å². The van der Waals surface area contributed by atoms with Crippen molar-refractivity contribution in [3.05, 3.63) is 41.8 Å². The van der Waals surface area contributed by atoms with Gasteiger partial charge >= 0.3 is 0 Å². The number of benzene rings is 1. The van der Waals surface area contributed by atoms with E-state index in [4.69, 9.17) is 5.11 Å². The first-order chi connectivity index (χ1) is 9.03. The summed E-state index contributed by atoms with van der Waals surface area (Å²) in [6.07, 6.45) is 1.06. The summed E-state index contributed by atoms with van der Waals surface area (Å²) < 4.78 is 43.9. The third-order valence-electron chi connectivity index (χ3n) is 2.30. The third-order valence-corrected chi connectivity index (χ3v) is 3.73. The van der Waals surface area contributed by atoms with E-state index in [1.807, 2.05) is 0 Å². The molecule has 1 heterocycles. The number of nitrogens with zero attached hydrogens (tertiary/aromatic N) is 2. The van der Waals surface area contributed by atoms with Crippen LogP contribution in [0.4, 0.5) is 4.39 Å². The van der Waals surface area contributed by atoms with Crippen LogP contribution in [0.1, 0.15) is 11.4 Å². The number of aliphatic hydroxyl groups excluding tert-OH is 1. The normalized spacial score (nSPS) is 11.7. The molecule has 2 N–H and O–H groups in total. The average Bonchev–Trinajstić information content (AvgIpc) is 2.89. The van der Waals surface area contributed by atoms with Crippen LogP contribution in [0.5, 0.6) is 0 Å². The molecule has 9 heteroatoms. The predicted molar refractivity (Wildman–Crippen MR) is 60.6 cm³/mol. The molecule has 0 saturated heterocycles. The molecule has 0 unspecified atom stereocenters. The van der Waals surface area contributed by atoms with Gasteiger partial charge in [-0.25, -0.2) is 17.5 Å². The average molecular weight is 287 g/mol. The highest BCUT2D eigenvalue weighted by Crippen LogP contribution is 2.16. The Kier molecular flexibility index (Phi) is 3.88. The Hall–Kier alpha value is -1.84. The van der Waals surface area contributed by atoms with E-state index >= 15 is 0 Å². The molecule has 0 atom stereocenters. The lowest BCUT2D eigenvalue weighted by Gasteiger charge is -2.07. The van der Waals surface area contributed by atoms with Gasteiger partial charge in [-0.3, -0.25) is 0 Å². The number of aliphatic hydroxyl groups is 1. The van der Waals surface area contributed by atoms with Crippen LogP contribution in [-0.4, -0.2) is 23.7 Å². The molecule has 0 radical (unpaired) electrons. The van der Waals surface area contributed by atoms with Crippen molar-refractivity contribution in [3.8, 4) is 0 Å². The van der Waals surface area contributed by atoms with E-state index in [0.29, 0.717) is 0 Å². The zero-order valence-electron chi connectivity index (χ0n) is 9.58. The molecule has 1 aromatic carbocycles. The molecule has 7 nitrogen and oxygen atoms in total. The Balaban J connectivity index is 2.19. The van der Waals surface area contributed by atoms with Crippen molar-refractivity contribution < 1.29 is 22.4 Å². The van der Waals surface area contributed by atoms with Crippen LogP contribution in [0, 0.1) is 5.82 Å². The lowest BCUT2D eigenvalue weighted by atomic mass is 10.2. The summed E-state index contributed by atoms with van der Waals surface area (Å²) in [6.45, 7) is -0.576. The molecule has 0 amide bonds. The molecule has 0 aliphatic rings. The topological polar surface area (TPSA) is 105 Å². The molecule has 2 rings (SSSR count). The van der Waals surface area contributed by atoms with Gasteiger partial charge in [-0.1, -0.05) is 11.2 Å². The van der Waals surface area contributed by atoms with Gasteiger partial charge in [-0.15, -0.1) is 0 Å². The highest BCUT2D eigenvalue weighted by molar-refractivity contribution is 7.89. The van der Waals surface area contributed by atoms with E-state index in [2.05, 4.69) is 19.4 Å². The van der Waals surface area contributed by atoms with Crippen LogP contribution in [-0.2, 0) is 23.2 Å². The molecular weight excluding hydrogens is 277 g/mol. The Morgan fingerprint density at radius 2 is 2.21 bits per heavy atom. The molecule has 2 aromatic rings. The molecule has 0 spiro atoms. The molecule has 0 bridgehead atoms. The zero-order valence-corrected chi connectivity index (χ0v) is 10.4. The first-order valence-corrected chi connectivity index (χ1v) is 6.65. The van der Waals surface area contributed by atoms with Gasteiger partial charge in [0.15, 0.2) is 5.82 Å². The summed E-state index contributed by atoms with van der Waals surface area (Å²) in [6, 6.07) is 3.37. The highest BCUT2D eigenvalue weighted by Gasteiger charge is 2.19. The monoisotopic (exact) mass is 287 g/mol. The number of halogens is 1. The van der Waals surface area contributed by atoms with Crippen LogP contribution in [0.3, 0.4) is 0 Å². The van der Waals surface area contributed by atoms with Crippen LogP contribution >= 0.6 is 0 Å². The Morgan fingerprint density at radius 1 is 1.42 bits per heavy atom. The van der Waals surface area contributed by atoms with Crippen molar-refractivity contribution in [2.24, 2.45) is 0 Å². The second kappa shape index (κ2) is 5.43. The first-order valence-electron chi connectivity index (χ1n) is 5.17. The van der Waals surface area contributed by atoms with Crippen molar-refractivity contribution in [1.29, 1.82) is 0 Å². The minimum Gasteiger partial charge on any atom is -0.392 e. The Morgan fingerprint density at radius 3 is 2.79 bits per heavy atom. The van der Waals surface area contributed by atoms with Gasteiger partial charge in [0.1, 0.15) is 10.7 Å². The Bertz CT molecular complexity index is 657. The summed E-state index contributed by atoms with van der Waals surface area (Å²) in [5.41, 5.74) is 0.287. The minimum atomic E-state index is -4.02. The molecule has 19 heavy (non-hydrogen) atoms. The number of sulfonamides is 1. The van der Waals surface area contributed by atoms with Crippen molar-refractivity contribution in [2.45, 2.75) is 18.0 Å². The second-order valence-electron chi connectivity index (χ2n) is 3.59. The quantitative estimate of drug-likeness (QED) is 0.812. The molecular formula is C10H10FN3O4S. The lowest BCUT2D eigenvalue weighted by Crippen LogP contribution is -2.24. The summed E-state index contributed by atoms with van der Waals surface area (Å²) in [5, 5.41) is 12.2. The van der Waals surface area contributed by atoms with E-state index in [1.54, 1.807) is 0 Å². The maximum Gasteiger partial charge on any atom is 0.243 e. The zero-order chi connectivity index (χ0) is 13.9. The van der Waals surface area contributed by atoms with E-state index in [-0.39, 0.29) is 24.5 Å². The van der Waals surface area contributed by atoms with E-state index in [0.717, 1.165) is 18.5 Å². The molecule has 0 aliphatic carbocycles. The summed E-state index contributed by atoms with van der Waals surface area (Å²) in [4.78, 5) is 3.12. The largest absolute Gasteiger partial charge is 0.392 e. The van der Waals surface area contributed by atoms with Gasteiger partial charge in [0, 0.05) is 0 Å². The fourth-order valence-corrected chi connectivity index (χ4v) is 2.41. The maximum atomic E-state index is 13.6. The number of hydrogen-bond acceptors (Lipinski definition) is 6. The summed E-state index contributed by atoms with van der Waals surface area (Å²) in [5.74, 6) is -0.803. The standard InChI is InChI=1S/C10H10FN3O4S/c11-8-3-7(5-15)1-2-9(8)19(16,17)13-4-10-12-6-18-14-10/h1-3,6,13,15H,4-5H2. The van der Waals surface area contributed by atoms with Gasteiger partial charge < -0.3 is 9.63 Å². The molecule has 0 saturated carbocycles. The first kappa shape index (κ1) is 13.6. The SMILES string of the molecule is O=S(=O)(NCc1ncon1)c1ccc(CO)cc1F. The lowest BCUT2D eigenvalue weighted by molar-refractivity contribution is 0.281. The van der Waals surface area contributed by atoms with Crippen LogP contribution < -0.4 is 4.72 Å². The van der Waals surface area contributed by atoms with E-state index in [9.17, 15) is 12.8 Å². The number of aromatic nitrogens is 2. The van der Waals surface area contributed by atoms with Crippen LogP contribution in [0.2, 0.25) is 0 Å². The second-order valence-corrected chi connectivity index (χ2v) is 5.33. The van der Waals surface area contributed by atoms with Crippen molar-refractivity contribution in [3.63, 3.8) is 0 Å². The number of rotatable bonds is 5. The summed E-state index contributed by atoms with van der Waals surface area (Å²) >= 11 is 0. The fourth-order valence-electron chi connectivity index (χ4n) is 1.37. The van der Waals surface area contributed by atoms with Gasteiger partial charge in [-0.05, 0) is 17.7 Å². The highest BCUT2D eigenvalue weighted by atomic mass is 32.2. The van der Waals surface area contributed by atoms with Gasteiger partial charge in [0.25, 0.3) is 0 Å². The van der Waals surface area contributed by atoms with Gasteiger partial charge in [0.05, 0.1) is 13.2 Å². The number of hydrogen-bond donors (Lipinski definition) is 2. The minimum absolute atomic E-state index is 0.135. The predicted octanol–water partition coefficient (Wildman–Crippen LogP) is 0.179. The maximum absolute atomic E-state index is 13.6. The van der Waals surface area contributed by atoms with Crippen molar-refractivity contribution >= 4 is 10.0 Å². The third kappa shape index (κ3) is 3.13. The molecule has 1 aromatic heterocycles. The van der Waals surface area contributed by atoms with Crippen molar-refractivity contribution in [2.75, 3.05) is 0 Å². The molecule has 102 valence electrons.